The Morgan fingerprint density at radius 1 is 1.29 bits per heavy atom. The van der Waals surface area contributed by atoms with Crippen LogP contribution in [0.15, 0.2) is 41.2 Å². The zero-order valence-electron chi connectivity index (χ0n) is 14.2. The minimum absolute atomic E-state index is 0.210. The van der Waals surface area contributed by atoms with Crippen LogP contribution >= 0.6 is 0 Å². The molecular weight excluding hydrogens is 308 g/mol. The highest BCUT2D eigenvalue weighted by Crippen LogP contribution is 2.18. The number of nitrogens with zero attached hydrogens (tertiary/aromatic N) is 3. The number of hydrogen-bond donors (Lipinski definition) is 1. The largest absolute Gasteiger partial charge is 0.383 e. The molecule has 1 N–H and O–H groups in total. The van der Waals surface area contributed by atoms with Crippen LogP contribution in [0.5, 0.6) is 0 Å². The second kappa shape index (κ2) is 8.26. The zero-order valence-corrected chi connectivity index (χ0v) is 14.2. The van der Waals surface area contributed by atoms with Crippen LogP contribution in [-0.4, -0.2) is 43.0 Å². The van der Waals surface area contributed by atoms with E-state index in [0.29, 0.717) is 13.2 Å². The molecular formula is C17H22N4O3. The maximum atomic E-state index is 12.2. The molecule has 0 radical (unpaired) electrons. The smallest absolute Gasteiger partial charge is 0.271 e. The van der Waals surface area contributed by atoms with E-state index in [0.717, 1.165) is 22.5 Å². The molecule has 128 valence electrons. The summed E-state index contributed by atoms with van der Waals surface area (Å²) in [6.07, 6.45) is 0. The normalized spacial score (nSPS) is 10.5. The van der Waals surface area contributed by atoms with Gasteiger partial charge in [-0.2, -0.15) is 5.10 Å². The molecule has 0 aliphatic carbocycles. The minimum atomic E-state index is -0.319. The highest BCUT2D eigenvalue weighted by molar-refractivity contribution is 5.92. The van der Waals surface area contributed by atoms with Gasteiger partial charge in [-0.05, 0) is 17.7 Å². The molecule has 1 aromatic heterocycles. The minimum Gasteiger partial charge on any atom is -0.383 e. The molecule has 2 aromatic rings. The maximum absolute atomic E-state index is 12.2. The Morgan fingerprint density at radius 2 is 2.04 bits per heavy atom. The number of amides is 1. The first-order chi connectivity index (χ1) is 11.5. The lowest BCUT2D eigenvalue weighted by Gasteiger charge is -2.22. The monoisotopic (exact) mass is 330 g/mol. The van der Waals surface area contributed by atoms with Gasteiger partial charge in [-0.25, -0.2) is 4.68 Å². The van der Waals surface area contributed by atoms with Crippen LogP contribution in [0.25, 0.3) is 0 Å². The van der Waals surface area contributed by atoms with Gasteiger partial charge in [-0.3, -0.25) is 9.59 Å². The SMILES string of the molecule is COCCN(C)c1ccccc1CNC(=O)c1ccc(=O)n(C)n1. The number of aromatic nitrogens is 2. The van der Waals surface area contributed by atoms with E-state index in [4.69, 9.17) is 4.74 Å². The van der Waals surface area contributed by atoms with Crippen LogP contribution in [0.1, 0.15) is 16.1 Å². The Kier molecular flexibility index (Phi) is 6.08. The number of nitrogens with one attached hydrogen (secondary N) is 1. The summed E-state index contributed by atoms with van der Waals surface area (Å²) in [6, 6.07) is 10.6. The van der Waals surface area contributed by atoms with Crippen LogP contribution in [-0.2, 0) is 18.3 Å². The number of rotatable bonds is 7. The zero-order chi connectivity index (χ0) is 17.5. The summed E-state index contributed by atoms with van der Waals surface area (Å²) in [5.74, 6) is -0.319. The molecule has 0 fully saturated rings. The molecule has 1 amide bonds. The lowest BCUT2D eigenvalue weighted by molar-refractivity contribution is 0.0943. The van der Waals surface area contributed by atoms with Crippen molar-refractivity contribution < 1.29 is 9.53 Å². The van der Waals surface area contributed by atoms with Gasteiger partial charge in [0.25, 0.3) is 11.5 Å². The number of carbonyl (C=O) groups excluding carboxylic acids is 1. The third-order valence-corrected chi connectivity index (χ3v) is 3.67. The third-order valence-electron chi connectivity index (χ3n) is 3.67. The molecule has 1 aromatic carbocycles. The van der Waals surface area contributed by atoms with Crippen LogP contribution < -0.4 is 15.8 Å². The first-order valence-electron chi connectivity index (χ1n) is 7.63. The Labute approximate surface area is 140 Å². The molecule has 0 aliphatic heterocycles. The first-order valence-corrected chi connectivity index (χ1v) is 7.63. The average molecular weight is 330 g/mol. The predicted octanol–water partition coefficient (Wildman–Crippen LogP) is 0.793. The van der Waals surface area contributed by atoms with Gasteiger partial charge in [0.2, 0.25) is 0 Å². The molecule has 0 aliphatic rings. The van der Waals surface area contributed by atoms with Crippen molar-refractivity contribution >= 4 is 11.6 Å². The summed E-state index contributed by atoms with van der Waals surface area (Å²) in [6.45, 7) is 1.75. The summed E-state index contributed by atoms with van der Waals surface area (Å²) in [5, 5.41) is 6.79. The number of aryl methyl sites for hydroxylation is 1. The molecule has 0 saturated heterocycles. The second-order valence-electron chi connectivity index (χ2n) is 5.41. The Balaban J connectivity index is 2.07. The predicted molar refractivity (Wildman–Crippen MR) is 92.2 cm³/mol. The van der Waals surface area contributed by atoms with E-state index >= 15 is 0 Å². The Bertz CT molecular complexity index is 757. The van der Waals surface area contributed by atoms with Gasteiger partial charge in [0.05, 0.1) is 6.61 Å². The van der Waals surface area contributed by atoms with Crippen molar-refractivity contribution in [3.05, 3.63) is 58.0 Å². The van der Waals surface area contributed by atoms with E-state index in [1.165, 1.54) is 19.2 Å². The van der Waals surface area contributed by atoms with Crippen LogP contribution in [0, 0.1) is 0 Å². The number of carbonyl (C=O) groups is 1. The van der Waals surface area contributed by atoms with Gasteiger partial charge in [0, 0.05) is 46.0 Å². The van der Waals surface area contributed by atoms with E-state index in [1.807, 2.05) is 31.3 Å². The summed E-state index contributed by atoms with van der Waals surface area (Å²) >= 11 is 0. The standard InChI is InChI=1S/C17H22N4O3/c1-20(10-11-24-3)15-7-5-4-6-13(15)12-18-17(23)14-8-9-16(22)21(2)19-14/h4-9H,10-12H2,1-3H3,(H,18,23). The Hall–Kier alpha value is -2.67. The number of hydrogen-bond acceptors (Lipinski definition) is 5. The third kappa shape index (κ3) is 4.42. The van der Waals surface area contributed by atoms with E-state index in [-0.39, 0.29) is 17.2 Å². The molecule has 7 heteroatoms. The Morgan fingerprint density at radius 3 is 2.75 bits per heavy atom. The molecule has 0 atom stereocenters. The molecule has 1 heterocycles. The van der Waals surface area contributed by atoms with Crippen molar-refractivity contribution in [1.29, 1.82) is 0 Å². The number of methoxy groups -OCH3 is 1. The summed E-state index contributed by atoms with van der Waals surface area (Å²) < 4.78 is 6.24. The van der Waals surface area contributed by atoms with Crippen molar-refractivity contribution in [2.24, 2.45) is 7.05 Å². The fraction of sp³-hybridized carbons (Fsp3) is 0.353. The van der Waals surface area contributed by atoms with E-state index < -0.39 is 0 Å². The van der Waals surface area contributed by atoms with Crippen LogP contribution in [0.2, 0.25) is 0 Å². The maximum Gasteiger partial charge on any atom is 0.271 e. The average Bonchev–Trinajstić information content (AvgIpc) is 2.60. The van der Waals surface area contributed by atoms with Gasteiger partial charge in [-0.1, -0.05) is 18.2 Å². The molecule has 0 saturated carbocycles. The fourth-order valence-corrected chi connectivity index (χ4v) is 2.27. The van der Waals surface area contributed by atoms with E-state index in [2.05, 4.69) is 15.3 Å². The van der Waals surface area contributed by atoms with Gasteiger partial charge < -0.3 is 15.0 Å². The van der Waals surface area contributed by atoms with Gasteiger partial charge in [0.1, 0.15) is 5.69 Å². The van der Waals surface area contributed by atoms with Gasteiger partial charge >= 0.3 is 0 Å². The lowest BCUT2D eigenvalue weighted by atomic mass is 10.1. The van der Waals surface area contributed by atoms with Gasteiger partial charge in [-0.15, -0.1) is 0 Å². The molecule has 7 nitrogen and oxygen atoms in total. The number of para-hydroxylation sites is 1. The highest BCUT2D eigenvalue weighted by atomic mass is 16.5. The van der Waals surface area contributed by atoms with Crippen molar-refractivity contribution in [1.82, 2.24) is 15.1 Å². The number of likely N-dealkylation sites (N-methyl/N-ethyl adjacent to an activating group) is 1. The van der Waals surface area contributed by atoms with Crippen molar-refractivity contribution in [2.75, 3.05) is 32.2 Å². The van der Waals surface area contributed by atoms with Gasteiger partial charge in [0.15, 0.2) is 0 Å². The fourth-order valence-electron chi connectivity index (χ4n) is 2.27. The number of benzene rings is 1. The van der Waals surface area contributed by atoms with Crippen LogP contribution in [0.4, 0.5) is 5.69 Å². The summed E-state index contributed by atoms with van der Waals surface area (Å²) in [5.41, 5.74) is 1.98. The topological polar surface area (TPSA) is 76.5 Å². The quantitative estimate of drug-likeness (QED) is 0.812. The van der Waals surface area contributed by atoms with E-state index in [9.17, 15) is 9.59 Å². The first kappa shape index (κ1) is 17.7. The molecule has 0 unspecified atom stereocenters. The van der Waals surface area contributed by atoms with Crippen molar-refractivity contribution in [3.8, 4) is 0 Å². The number of ether oxygens (including phenoxy) is 1. The summed E-state index contributed by atoms with van der Waals surface area (Å²) in [7, 11) is 5.16. The summed E-state index contributed by atoms with van der Waals surface area (Å²) in [4.78, 5) is 25.6. The molecule has 0 bridgehead atoms. The van der Waals surface area contributed by atoms with Crippen molar-refractivity contribution in [3.63, 3.8) is 0 Å². The van der Waals surface area contributed by atoms with E-state index in [1.54, 1.807) is 7.11 Å². The molecule has 0 spiro atoms. The number of anilines is 1. The molecule has 2 rings (SSSR count). The lowest BCUT2D eigenvalue weighted by Crippen LogP contribution is -2.29. The van der Waals surface area contributed by atoms with Crippen molar-refractivity contribution in [2.45, 2.75) is 6.54 Å². The highest BCUT2D eigenvalue weighted by Gasteiger charge is 2.11. The molecule has 24 heavy (non-hydrogen) atoms. The van der Waals surface area contributed by atoms with Crippen LogP contribution in [0.3, 0.4) is 0 Å². The second-order valence-corrected chi connectivity index (χ2v) is 5.41.